The molecular weight excluding hydrogens is 426 g/mol. The lowest BCUT2D eigenvalue weighted by molar-refractivity contribution is -0.148. The zero-order valence-electron chi connectivity index (χ0n) is 16.9. The fraction of sp³-hybridized carbons (Fsp3) is 0.476. The Kier molecular flexibility index (Phi) is 10.6. The molecule has 1 fully saturated rings. The lowest BCUT2D eigenvalue weighted by Gasteiger charge is -2.45. The molecular formula is C21H31BCl2N2O4. The Balaban J connectivity index is 0.00000225. The molecule has 9 heteroatoms. The van der Waals surface area contributed by atoms with Crippen molar-refractivity contribution in [1.29, 1.82) is 0 Å². The van der Waals surface area contributed by atoms with Crippen LogP contribution in [0.5, 0.6) is 0 Å². The maximum atomic E-state index is 11.8. The van der Waals surface area contributed by atoms with Crippen LogP contribution in [0.15, 0.2) is 42.5 Å². The van der Waals surface area contributed by atoms with Gasteiger partial charge in [0.1, 0.15) is 5.54 Å². The van der Waals surface area contributed by atoms with Gasteiger partial charge in [-0.1, -0.05) is 55.3 Å². The summed E-state index contributed by atoms with van der Waals surface area (Å²) in [5.74, 6) is -1.02. The lowest BCUT2D eigenvalue weighted by Crippen LogP contribution is -2.61. The molecule has 0 amide bonds. The minimum absolute atomic E-state index is 0. The van der Waals surface area contributed by atoms with Crippen molar-refractivity contribution in [2.45, 2.75) is 56.5 Å². The van der Waals surface area contributed by atoms with E-state index in [1.807, 2.05) is 12.1 Å². The summed E-state index contributed by atoms with van der Waals surface area (Å²) < 4.78 is 0. The quantitative estimate of drug-likeness (QED) is 0.277. The van der Waals surface area contributed by atoms with Gasteiger partial charge in [-0.25, -0.2) is 0 Å². The van der Waals surface area contributed by atoms with E-state index in [4.69, 9.17) is 15.8 Å². The topological polar surface area (TPSA) is 116 Å². The molecule has 1 aliphatic rings. The molecule has 2 aromatic rings. The minimum Gasteiger partial charge on any atom is -0.480 e. The fourth-order valence-corrected chi connectivity index (χ4v) is 4.14. The number of unbranched alkanes of at least 4 members (excludes halogenated alkanes) is 1. The summed E-state index contributed by atoms with van der Waals surface area (Å²) in [6.07, 6.45) is 3.22. The van der Waals surface area contributed by atoms with Crippen molar-refractivity contribution >= 4 is 48.7 Å². The number of aliphatic carboxylic acids is 1. The molecule has 0 bridgehead atoms. The third-order valence-electron chi connectivity index (χ3n) is 6.03. The summed E-state index contributed by atoms with van der Waals surface area (Å²) in [5, 5.41) is 33.5. The van der Waals surface area contributed by atoms with Crippen LogP contribution in [-0.2, 0) is 11.3 Å². The summed E-state index contributed by atoms with van der Waals surface area (Å²) in [5.41, 5.74) is 6.25. The molecule has 6 nitrogen and oxygen atoms in total. The maximum absolute atomic E-state index is 11.8. The Bertz CT molecular complexity index is 815. The van der Waals surface area contributed by atoms with Gasteiger partial charge in [-0.15, -0.1) is 24.8 Å². The smallest absolute Gasteiger partial charge is 0.451 e. The normalized spacial score (nSPS) is 19.7. The Morgan fingerprint density at radius 3 is 2.43 bits per heavy atom. The molecule has 30 heavy (non-hydrogen) atoms. The van der Waals surface area contributed by atoms with Crippen molar-refractivity contribution in [3.05, 3.63) is 48.0 Å². The van der Waals surface area contributed by atoms with E-state index in [9.17, 15) is 9.90 Å². The number of carboxylic acid groups (broad SMARTS) is 1. The Morgan fingerprint density at radius 2 is 1.77 bits per heavy atom. The summed E-state index contributed by atoms with van der Waals surface area (Å²) in [7, 11) is -1.34. The molecule has 1 atom stereocenters. The molecule has 0 aromatic heterocycles. The molecule has 0 aliphatic heterocycles. The molecule has 2 aromatic carbocycles. The van der Waals surface area contributed by atoms with Crippen LogP contribution < -0.4 is 11.1 Å². The molecule has 0 spiro atoms. The SMILES string of the molecule is Cl.Cl.NC(CCCCB(O)O)(C(=O)O)[C@H]1C[C@@H](NCc2cccc3ccccc23)C1. The molecule has 0 heterocycles. The van der Waals surface area contributed by atoms with Crippen molar-refractivity contribution < 1.29 is 19.9 Å². The zero-order chi connectivity index (χ0) is 20.1. The Labute approximate surface area is 190 Å². The average molecular weight is 457 g/mol. The first kappa shape index (κ1) is 26.7. The highest BCUT2D eigenvalue weighted by molar-refractivity contribution is 6.40. The van der Waals surface area contributed by atoms with E-state index >= 15 is 0 Å². The molecule has 166 valence electrons. The molecule has 0 saturated heterocycles. The molecule has 1 saturated carbocycles. The maximum Gasteiger partial charge on any atom is 0.451 e. The van der Waals surface area contributed by atoms with Crippen molar-refractivity contribution in [1.82, 2.24) is 5.32 Å². The van der Waals surface area contributed by atoms with E-state index in [1.54, 1.807) is 0 Å². The van der Waals surface area contributed by atoms with Gasteiger partial charge >= 0.3 is 13.1 Å². The van der Waals surface area contributed by atoms with E-state index in [2.05, 4.69) is 35.6 Å². The number of hydrogen-bond donors (Lipinski definition) is 5. The number of benzene rings is 2. The zero-order valence-corrected chi connectivity index (χ0v) is 18.5. The first-order chi connectivity index (χ1) is 13.4. The average Bonchev–Trinajstić information content (AvgIpc) is 2.63. The highest BCUT2D eigenvalue weighted by atomic mass is 35.5. The molecule has 3 rings (SSSR count). The van der Waals surface area contributed by atoms with E-state index in [0.717, 1.165) is 19.4 Å². The van der Waals surface area contributed by atoms with E-state index in [-0.39, 0.29) is 43.1 Å². The van der Waals surface area contributed by atoms with Crippen LogP contribution in [-0.4, -0.2) is 39.8 Å². The summed E-state index contributed by atoms with van der Waals surface area (Å²) in [6.45, 7) is 0.748. The van der Waals surface area contributed by atoms with Crippen molar-refractivity contribution in [2.75, 3.05) is 0 Å². The number of carbonyl (C=O) groups is 1. The van der Waals surface area contributed by atoms with Gasteiger partial charge in [0.2, 0.25) is 0 Å². The monoisotopic (exact) mass is 456 g/mol. The highest BCUT2D eigenvalue weighted by Crippen LogP contribution is 2.38. The van der Waals surface area contributed by atoms with Gasteiger partial charge in [0.15, 0.2) is 0 Å². The van der Waals surface area contributed by atoms with Gasteiger partial charge in [-0.3, -0.25) is 4.79 Å². The first-order valence-electron chi connectivity index (χ1n) is 9.98. The lowest BCUT2D eigenvalue weighted by atomic mass is 9.66. The summed E-state index contributed by atoms with van der Waals surface area (Å²) in [4.78, 5) is 11.8. The van der Waals surface area contributed by atoms with Gasteiger partial charge in [0, 0.05) is 12.6 Å². The number of nitrogens with one attached hydrogen (secondary N) is 1. The molecule has 6 N–H and O–H groups in total. The second-order valence-corrected chi connectivity index (χ2v) is 7.96. The third kappa shape index (κ3) is 6.33. The van der Waals surface area contributed by atoms with Gasteiger partial charge < -0.3 is 26.2 Å². The molecule has 1 aliphatic carbocycles. The first-order valence-corrected chi connectivity index (χ1v) is 9.98. The third-order valence-corrected chi connectivity index (χ3v) is 6.03. The standard InChI is InChI=1S/C21H29BN2O4.2ClH/c23-21(20(25)26,10-3-4-11-22(27)28)17-12-18(13-17)24-14-16-8-5-7-15-6-1-2-9-19(15)16;;/h1-2,5-9,17-18,24,27-28H,3-4,10-14,23H2,(H,25,26);2*1H/t17-,18+,21?;;. The predicted molar refractivity (Wildman–Crippen MR) is 125 cm³/mol. The van der Waals surface area contributed by atoms with Crippen LogP contribution in [0.25, 0.3) is 10.8 Å². The minimum atomic E-state index is -1.34. The molecule has 0 radical (unpaired) electrons. The second kappa shape index (κ2) is 11.9. The number of fused-ring (bicyclic) bond motifs is 1. The molecule has 1 unspecified atom stereocenters. The van der Waals surface area contributed by atoms with Crippen LogP contribution in [0.3, 0.4) is 0 Å². The van der Waals surface area contributed by atoms with Gasteiger partial charge in [0.25, 0.3) is 0 Å². The fourth-order valence-electron chi connectivity index (χ4n) is 4.14. The van der Waals surface area contributed by atoms with Gasteiger partial charge in [0.05, 0.1) is 0 Å². The second-order valence-electron chi connectivity index (χ2n) is 7.96. The largest absolute Gasteiger partial charge is 0.480 e. The van der Waals surface area contributed by atoms with Gasteiger partial charge in [-0.2, -0.15) is 0 Å². The predicted octanol–water partition coefficient (Wildman–Crippen LogP) is 2.98. The van der Waals surface area contributed by atoms with Gasteiger partial charge in [-0.05, 0) is 47.8 Å². The Morgan fingerprint density at radius 1 is 1.10 bits per heavy atom. The van der Waals surface area contributed by atoms with Crippen LogP contribution in [0.4, 0.5) is 0 Å². The van der Waals surface area contributed by atoms with Crippen molar-refractivity contribution in [2.24, 2.45) is 11.7 Å². The van der Waals surface area contributed by atoms with E-state index < -0.39 is 18.6 Å². The highest BCUT2D eigenvalue weighted by Gasteiger charge is 2.48. The number of halogens is 2. The summed E-state index contributed by atoms with van der Waals surface area (Å²) in [6, 6.07) is 14.8. The van der Waals surface area contributed by atoms with Crippen molar-refractivity contribution in [3.63, 3.8) is 0 Å². The number of rotatable bonds is 10. The van der Waals surface area contributed by atoms with E-state index in [0.29, 0.717) is 19.3 Å². The van der Waals surface area contributed by atoms with Crippen LogP contribution in [0, 0.1) is 5.92 Å². The Hall–Kier alpha value is -1.35. The number of carboxylic acids is 1. The summed E-state index contributed by atoms with van der Waals surface area (Å²) >= 11 is 0. The van der Waals surface area contributed by atoms with Crippen LogP contribution >= 0.6 is 24.8 Å². The number of nitrogens with two attached hydrogens (primary N) is 1. The van der Waals surface area contributed by atoms with E-state index in [1.165, 1.54) is 16.3 Å². The van der Waals surface area contributed by atoms with Crippen molar-refractivity contribution in [3.8, 4) is 0 Å². The van der Waals surface area contributed by atoms with Crippen LogP contribution in [0.1, 0.15) is 37.7 Å². The van der Waals surface area contributed by atoms with Crippen LogP contribution in [0.2, 0.25) is 6.32 Å². The number of hydrogen-bond acceptors (Lipinski definition) is 5.